The van der Waals surface area contributed by atoms with Crippen LogP contribution in [0.3, 0.4) is 0 Å². The largest absolute Gasteiger partial charge is 0.308 e. The lowest BCUT2D eigenvalue weighted by molar-refractivity contribution is 0.700. The quantitative estimate of drug-likeness (QED) is 0.350. The van der Waals surface area contributed by atoms with E-state index in [1.54, 1.807) is 0 Å². The number of hydrazine groups is 1. The second kappa shape index (κ2) is 4.87. The van der Waals surface area contributed by atoms with Crippen molar-refractivity contribution in [1.29, 1.82) is 0 Å². The maximum atomic E-state index is 5.61. The van der Waals surface area contributed by atoms with Gasteiger partial charge in [-0.2, -0.15) is 5.10 Å². The topological polar surface area (TPSA) is 68.2 Å². The molecule has 0 bridgehead atoms. The average Bonchev–Trinajstić information content (AvgIpc) is 2.87. The van der Waals surface area contributed by atoms with Gasteiger partial charge in [-0.05, 0) is 26.7 Å². The van der Waals surface area contributed by atoms with Gasteiger partial charge in [0.1, 0.15) is 5.84 Å². The van der Waals surface area contributed by atoms with Gasteiger partial charge in [-0.15, -0.1) is 0 Å². The molecule has 1 aromatic heterocycles. The Kier molecular flexibility index (Phi) is 3.47. The number of rotatable bonds is 2. The van der Waals surface area contributed by atoms with Crippen molar-refractivity contribution in [2.24, 2.45) is 17.9 Å². The van der Waals surface area contributed by atoms with E-state index in [0.29, 0.717) is 6.04 Å². The van der Waals surface area contributed by atoms with Gasteiger partial charge in [0, 0.05) is 12.7 Å². The molecule has 1 heterocycles. The Morgan fingerprint density at radius 1 is 1.41 bits per heavy atom. The monoisotopic (exact) mass is 235 g/mol. The van der Waals surface area contributed by atoms with Crippen LogP contribution in [0.5, 0.6) is 0 Å². The Morgan fingerprint density at radius 2 is 2.06 bits per heavy atom. The molecule has 0 aliphatic heterocycles. The molecule has 0 radical (unpaired) electrons. The summed E-state index contributed by atoms with van der Waals surface area (Å²) in [5, 5.41) is 4.39. The van der Waals surface area contributed by atoms with Crippen molar-refractivity contribution in [3.8, 4) is 0 Å². The molecule has 1 aromatic rings. The van der Waals surface area contributed by atoms with Gasteiger partial charge in [0.2, 0.25) is 0 Å². The van der Waals surface area contributed by atoms with Crippen LogP contribution in [-0.2, 0) is 7.05 Å². The molecule has 1 aliphatic rings. The minimum Gasteiger partial charge on any atom is -0.308 e. The third-order valence-electron chi connectivity index (χ3n) is 3.52. The molecule has 2 rings (SSSR count). The zero-order valence-electron chi connectivity index (χ0n) is 10.8. The first-order valence-corrected chi connectivity index (χ1v) is 6.18. The number of nitrogens with two attached hydrogens (primary N) is 1. The lowest BCUT2D eigenvalue weighted by Crippen LogP contribution is -2.33. The van der Waals surface area contributed by atoms with Crippen LogP contribution in [0.1, 0.15) is 42.6 Å². The summed E-state index contributed by atoms with van der Waals surface area (Å²) >= 11 is 0. The molecule has 1 aliphatic carbocycles. The Bertz CT molecular complexity index is 426. The highest BCUT2D eigenvalue weighted by Crippen LogP contribution is 2.22. The predicted molar refractivity (Wildman–Crippen MR) is 68.8 cm³/mol. The Balaban J connectivity index is 2.34. The summed E-state index contributed by atoms with van der Waals surface area (Å²) < 4.78 is 1.87. The second-order valence-corrected chi connectivity index (χ2v) is 4.73. The molecule has 1 saturated carbocycles. The van der Waals surface area contributed by atoms with E-state index < -0.39 is 0 Å². The first kappa shape index (κ1) is 12.1. The van der Waals surface area contributed by atoms with Crippen LogP contribution >= 0.6 is 0 Å². The van der Waals surface area contributed by atoms with E-state index in [0.717, 1.165) is 22.8 Å². The molecule has 0 saturated heterocycles. The summed E-state index contributed by atoms with van der Waals surface area (Å²) in [7, 11) is 1.94. The smallest absolute Gasteiger partial charge is 0.146 e. The van der Waals surface area contributed by atoms with Crippen LogP contribution in [-0.4, -0.2) is 21.7 Å². The molecule has 0 unspecified atom stereocenters. The van der Waals surface area contributed by atoms with Crippen LogP contribution in [0.15, 0.2) is 4.99 Å². The van der Waals surface area contributed by atoms with Crippen molar-refractivity contribution in [2.75, 3.05) is 0 Å². The van der Waals surface area contributed by atoms with Gasteiger partial charge < -0.3 is 5.43 Å². The molecule has 5 nitrogen and oxygen atoms in total. The summed E-state index contributed by atoms with van der Waals surface area (Å²) in [4.78, 5) is 4.73. The Morgan fingerprint density at radius 3 is 2.53 bits per heavy atom. The second-order valence-electron chi connectivity index (χ2n) is 4.73. The van der Waals surface area contributed by atoms with E-state index in [1.165, 1.54) is 25.7 Å². The van der Waals surface area contributed by atoms with Crippen LogP contribution in [0.2, 0.25) is 0 Å². The molecule has 94 valence electrons. The number of hydrogen-bond acceptors (Lipinski definition) is 3. The van der Waals surface area contributed by atoms with Crippen LogP contribution in [0.4, 0.5) is 0 Å². The summed E-state index contributed by atoms with van der Waals surface area (Å²) in [5.41, 5.74) is 5.85. The number of aryl methyl sites for hydroxylation is 2. The van der Waals surface area contributed by atoms with Gasteiger partial charge >= 0.3 is 0 Å². The van der Waals surface area contributed by atoms with Gasteiger partial charge in [0.05, 0.1) is 17.3 Å². The molecular formula is C12H21N5. The van der Waals surface area contributed by atoms with Gasteiger partial charge in [0.25, 0.3) is 0 Å². The van der Waals surface area contributed by atoms with Crippen molar-refractivity contribution >= 4 is 5.84 Å². The van der Waals surface area contributed by atoms with E-state index in [9.17, 15) is 0 Å². The molecule has 17 heavy (non-hydrogen) atoms. The summed E-state index contributed by atoms with van der Waals surface area (Å²) in [6.07, 6.45) is 4.89. The number of nitrogens with zero attached hydrogens (tertiary/aromatic N) is 3. The van der Waals surface area contributed by atoms with Gasteiger partial charge in [-0.3, -0.25) is 9.67 Å². The van der Waals surface area contributed by atoms with Gasteiger partial charge in [-0.1, -0.05) is 12.8 Å². The molecule has 1 fully saturated rings. The summed E-state index contributed by atoms with van der Waals surface area (Å²) in [5.74, 6) is 6.39. The van der Waals surface area contributed by atoms with Crippen molar-refractivity contribution in [3.05, 3.63) is 17.0 Å². The summed E-state index contributed by atoms with van der Waals surface area (Å²) in [6, 6.07) is 0.417. The highest BCUT2D eigenvalue weighted by Gasteiger charge is 2.19. The maximum Gasteiger partial charge on any atom is 0.146 e. The van der Waals surface area contributed by atoms with E-state index in [1.807, 2.05) is 25.6 Å². The molecule has 0 aromatic carbocycles. The van der Waals surface area contributed by atoms with Gasteiger partial charge in [-0.25, -0.2) is 5.84 Å². The number of nitrogens with one attached hydrogen (secondary N) is 1. The van der Waals surface area contributed by atoms with Gasteiger partial charge in [0.15, 0.2) is 0 Å². The van der Waals surface area contributed by atoms with E-state index >= 15 is 0 Å². The third kappa shape index (κ3) is 2.34. The molecular weight excluding hydrogens is 214 g/mol. The molecule has 5 heteroatoms. The van der Waals surface area contributed by atoms with Crippen molar-refractivity contribution in [1.82, 2.24) is 15.2 Å². The maximum absolute atomic E-state index is 5.61. The third-order valence-corrected chi connectivity index (χ3v) is 3.52. The fraction of sp³-hybridized carbons (Fsp3) is 0.667. The number of hydrogen-bond donors (Lipinski definition) is 2. The SMILES string of the molecule is Cc1nn(C)c(C)c1C(=NC1CCCC1)NN. The summed E-state index contributed by atoms with van der Waals surface area (Å²) in [6.45, 7) is 4.03. The first-order valence-electron chi connectivity index (χ1n) is 6.18. The Hall–Kier alpha value is -1.36. The number of aliphatic imine (C=N–C) groups is 1. The molecule has 0 amide bonds. The van der Waals surface area contributed by atoms with E-state index in [2.05, 4.69) is 10.5 Å². The average molecular weight is 235 g/mol. The van der Waals surface area contributed by atoms with Crippen molar-refractivity contribution < 1.29 is 0 Å². The molecule has 0 spiro atoms. The first-order chi connectivity index (χ1) is 8.13. The minimum atomic E-state index is 0.417. The lowest BCUT2D eigenvalue weighted by Gasteiger charge is -2.10. The highest BCUT2D eigenvalue weighted by molar-refractivity contribution is 6.00. The molecule has 0 atom stereocenters. The van der Waals surface area contributed by atoms with Crippen LogP contribution in [0, 0.1) is 13.8 Å². The fourth-order valence-corrected chi connectivity index (χ4v) is 2.51. The Labute approximate surface area is 102 Å². The fourth-order valence-electron chi connectivity index (χ4n) is 2.51. The number of amidine groups is 1. The standard InChI is InChI=1S/C12H21N5/c1-8-11(9(2)17(3)16-8)12(15-13)14-10-6-4-5-7-10/h10H,4-7,13H2,1-3H3,(H,14,15). The zero-order valence-corrected chi connectivity index (χ0v) is 10.8. The van der Waals surface area contributed by atoms with E-state index in [-0.39, 0.29) is 0 Å². The van der Waals surface area contributed by atoms with E-state index in [4.69, 9.17) is 10.8 Å². The normalized spacial score (nSPS) is 17.8. The highest BCUT2D eigenvalue weighted by atomic mass is 15.3. The molecule has 3 N–H and O–H groups in total. The predicted octanol–water partition coefficient (Wildman–Crippen LogP) is 1.19. The minimum absolute atomic E-state index is 0.417. The lowest BCUT2D eigenvalue weighted by atomic mass is 10.1. The number of aromatic nitrogens is 2. The van der Waals surface area contributed by atoms with Crippen LogP contribution in [0.25, 0.3) is 0 Å². The van der Waals surface area contributed by atoms with Crippen LogP contribution < -0.4 is 11.3 Å². The van der Waals surface area contributed by atoms with Crippen molar-refractivity contribution in [3.63, 3.8) is 0 Å². The zero-order chi connectivity index (χ0) is 12.4. The van der Waals surface area contributed by atoms with Crippen molar-refractivity contribution in [2.45, 2.75) is 45.6 Å².